The number of rotatable bonds is 6. The van der Waals surface area contributed by atoms with Crippen LogP contribution in [0.5, 0.6) is 11.5 Å². The highest BCUT2D eigenvalue weighted by atomic mass is 79.9. The van der Waals surface area contributed by atoms with E-state index in [-0.39, 0.29) is 5.82 Å². The zero-order chi connectivity index (χ0) is 17.8. The van der Waals surface area contributed by atoms with Crippen LogP contribution in [0, 0.1) is 5.82 Å². The second-order valence-electron chi connectivity index (χ2n) is 5.43. The number of halogens is 3. The summed E-state index contributed by atoms with van der Waals surface area (Å²) in [6.45, 7) is 0.835. The van der Waals surface area contributed by atoms with Crippen molar-refractivity contribution in [1.29, 1.82) is 0 Å². The minimum absolute atomic E-state index is 0.321. The van der Waals surface area contributed by atoms with E-state index in [9.17, 15) is 4.39 Å². The average molecular weight is 428 g/mol. The van der Waals surface area contributed by atoms with Crippen LogP contribution < -0.4 is 14.4 Å². The van der Waals surface area contributed by atoms with Crippen LogP contribution in [-0.2, 0) is 0 Å². The maximum atomic E-state index is 14.4. The van der Waals surface area contributed by atoms with Gasteiger partial charge < -0.3 is 14.4 Å². The molecule has 7 heteroatoms. The van der Waals surface area contributed by atoms with Crippen molar-refractivity contribution < 1.29 is 13.9 Å². The van der Waals surface area contributed by atoms with Crippen molar-refractivity contribution >= 4 is 45.1 Å². The summed E-state index contributed by atoms with van der Waals surface area (Å²) >= 11 is 8.97. The van der Waals surface area contributed by atoms with Gasteiger partial charge in [-0.1, -0.05) is 15.9 Å². The molecular formula is C18H17BrClFN2O2. The third-order valence-corrected chi connectivity index (χ3v) is 4.55. The molecule has 1 aliphatic rings. The molecule has 0 atom stereocenters. The number of methoxy groups -OCH3 is 1. The Balaban J connectivity index is 1.99. The van der Waals surface area contributed by atoms with Crippen molar-refractivity contribution in [2.45, 2.75) is 6.42 Å². The zero-order valence-corrected chi connectivity index (χ0v) is 16.0. The van der Waals surface area contributed by atoms with E-state index in [1.165, 1.54) is 6.07 Å². The Labute approximate surface area is 159 Å². The van der Waals surface area contributed by atoms with E-state index in [0.717, 1.165) is 17.7 Å². The Hall–Kier alpha value is -1.79. The number of aliphatic imine (C=N–C) groups is 1. The largest absolute Gasteiger partial charge is 0.493 e. The standard InChI is InChI=1S/C18H17BrClFN2O2/c1-24-17-9-16-12(7-18(17)25-6-2-5-20)10-22-11-23(16)15-4-3-13(19)8-14(15)21/h3-4,7-10H,2,5-6,11H2,1H3. The lowest BCUT2D eigenvalue weighted by atomic mass is 10.1. The van der Waals surface area contributed by atoms with Gasteiger partial charge in [-0.2, -0.15) is 0 Å². The minimum Gasteiger partial charge on any atom is -0.493 e. The molecule has 0 amide bonds. The highest BCUT2D eigenvalue weighted by Gasteiger charge is 2.22. The lowest BCUT2D eigenvalue weighted by molar-refractivity contribution is 0.295. The second kappa shape index (κ2) is 8.06. The maximum Gasteiger partial charge on any atom is 0.162 e. The molecule has 0 saturated carbocycles. The fraction of sp³-hybridized carbons (Fsp3) is 0.278. The Bertz CT molecular complexity index is 801. The Kier molecular flexibility index (Phi) is 5.81. The first kappa shape index (κ1) is 18.0. The average Bonchev–Trinajstić information content (AvgIpc) is 2.61. The molecule has 0 spiro atoms. The number of anilines is 2. The summed E-state index contributed by atoms with van der Waals surface area (Å²) < 4.78 is 26.3. The number of benzene rings is 2. The van der Waals surface area contributed by atoms with Crippen molar-refractivity contribution in [3.8, 4) is 11.5 Å². The molecule has 0 radical (unpaired) electrons. The lowest BCUT2D eigenvalue weighted by Crippen LogP contribution is -2.23. The van der Waals surface area contributed by atoms with Crippen LogP contribution >= 0.6 is 27.5 Å². The van der Waals surface area contributed by atoms with Crippen molar-refractivity contribution in [2.75, 3.05) is 31.2 Å². The van der Waals surface area contributed by atoms with Gasteiger partial charge in [0.1, 0.15) is 12.5 Å². The van der Waals surface area contributed by atoms with Gasteiger partial charge in [0.25, 0.3) is 0 Å². The summed E-state index contributed by atoms with van der Waals surface area (Å²) in [4.78, 5) is 6.15. The summed E-state index contributed by atoms with van der Waals surface area (Å²) in [6.07, 6.45) is 2.50. The van der Waals surface area contributed by atoms with Gasteiger partial charge in [-0.15, -0.1) is 11.6 Å². The number of fused-ring (bicyclic) bond motifs is 1. The van der Waals surface area contributed by atoms with Crippen LogP contribution in [0.2, 0.25) is 0 Å². The van der Waals surface area contributed by atoms with Crippen molar-refractivity contribution in [1.82, 2.24) is 0 Å². The van der Waals surface area contributed by atoms with E-state index in [1.54, 1.807) is 25.5 Å². The van der Waals surface area contributed by atoms with Gasteiger partial charge in [-0.3, -0.25) is 4.99 Å². The first-order valence-electron chi connectivity index (χ1n) is 7.77. The van der Waals surface area contributed by atoms with E-state index >= 15 is 0 Å². The molecule has 132 valence electrons. The van der Waals surface area contributed by atoms with Gasteiger partial charge in [0.05, 0.1) is 25.1 Å². The molecule has 0 bridgehead atoms. The number of alkyl halides is 1. The summed E-state index contributed by atoms with van der Waals surface area (Å²) in [5.74, 6) is 1.42. The molecule has 2 aromatic rings. The molecule has 0 fully saturated rings. The highest BCUT2D eigenvalue weighted by Crippen LogP contribution is 2.39. The van der Waals surface area contributed by atoms with Crippen molar-refractivity contribution in [3.05, 3.63) is 46.2 Å². The molecule has 25 heavy (non-hydrogen) atoms. The summed E-state index contributed by atoms with van der Waals surface area (Å²) in [6, 6.07) is 8.67. The first-order chi connectivity index (χ1) is 12.1. The SMILES string of the molecule is COc1cc2c(cc1OCCCCl)C=NCN2c1ccc(Br)cc1F. The van der Waals surface area contributed by atoms with Crippen LogP contribution in [0.25, 0.3) is 0 Å². The zero-order valence-electron chi connectivity index (χ0n) is 13.6. The molecule has 0 aliphatic carbocycles. The quantitative estimate of drug-likeness (QED) is 0.473. The number of ether oxygens (including phenoxy) is 2. The molecule has 0 unspecified atom stereocenters. The fourth-order valence-corrected chi connectivity index (χ4v) is 3.06. The number of nitrogens with zero attached hydrogens (tertiary/aromatic N) is 2. The third kappa shape index (κ3) is 3.90. The molecule has 1 heterocycles. The van der Waals surface area contributed by atoms with Crippen LogP contribution in [0.1, 0.15) is 12.0 Å². The second-order valence-corrected chi connectivity index (χ2v) is 6.72. The van der Waals surface area contributed by atoms with Crippen LogP contribution in [0.15, 0.2) is 39.8 Å². The normalized spacial score (nSPS) is 12.9. The Morgan fingerprint density at radius 1 is 1.24 bits per heavy atom. The molecule has 0 saturated heterocycles. The van der Waals surface area contributed by atoms with Gasteiger partial charge in [0, 0.05) is 28.2 Å². The summed E-state index contributed by atoms with van der Waals surface area (Å²) in [7, 11) is 1.58. The monoisotopic (exact) mass is 426 g/mol. The summed E-state index contributed by atoms with van der Waals surface area (Å²) in [5.41, 5.74) is 2.12. The van der Waals surface area contributed by atoms with Gasteiger partial charge in [0.2, 0.25) is 0 Å². The van der Waals surface area contributed by atoms with E-state index in [2.05, 4.69) is 20.9 Å². The third-order valence-electron chi connectivity index (χ3n) is 3.79. The van der Waals surface area contributed by atoms with Crippen LogP contribution in [-0.4, -0.2) is 32.5 Å². The first-order valence-corrected chi connectivity index (χ1v) is 9.10. The molecule has 4 nitrogen and oxygen atoms in total. The topological polar surface area (TPSA) is 34.1 Å². The lowest BCUT2D eigenvalue weighted by Gasteiger charge is -2.29. The minimum atomic E-state index is -0.321. The van der Waals surface area contributed by atoms with Crippen LogP contribution in [0.4, 0.5) is 15.8 Å². The molecule has 2 aromatic carbocycles. The molecule has 0 N–H and O–H groups in total. The van der Waals surface area contributed by atoms with E-state index in [4.69, 9.17) is 21.1 Å². The predicted molar refractivity (Wildman–Crippen MR) is 103 cm³/mol. The van der Waals surface area contributed by atoms with Crippen LogP contribution in [0.3, 0.4) is 0 Å². The predicted octanol–water partition coefficient (Wildman–Crippen LogP) is 5.13. The Morgan fingerprint density at radius 3 is 2.80 bits per heavy atom. The number of hydrogen-bond donors (Lipinski definition) is 0. The van der Waals surface area contributed by atoms with E-state index < -0.39 is 0 Å². The van der Waals surface area contributed by atoms with Gasteiger partial charge in [0.15, 0.2) is 11.5 Å². The number of hydrogen-bond acceptors (Lipinski definition) is 4. The molecule has 0 aromatic heterocycles. The van der Waals surface area contributed by atoms with Gasteiger partial charge in [-0.25, -0.2) is 4.39 Å². The Morgan fingerprint density at radius 2 is 2.08 bits per heavy atom. The van der Waals surface area contributed by atoms with E-state index in [1.807, 2.05) is 17.0 Å². The summed E-state index contributed by atoms with van der Waals surface area (Å²) in [5, 5.41) is 0. The smallest absolute Gasteiger partial charge is 0.162 e. The molecular weight excluding hydrogens is 411 g/mol. The van der Waals surface area contributed by atoms with Crippen molar-refractivity contribution in [2.24, 2.45) is 4.99 Å². The molecule has 3 rings (SSSR count). The maximum absolute atomic E-state index is 14.4. The van der Waals surface area contributed by atoms with E-state index in [0.29, 0.717) is 40.8 Å². The highest BCUT2D eigenvalue weighted by molar-refractivity contribution is 9.10. The fourth-order valence-electron chi connectivity index (χ4n) is 2.61. The van der Waals surface area contributed by atoms with Gasteiger partial charge >= 0.3 is 0 Å². The van der Waals surface area contributed by atoms with Crippen molar-refractivity contribution in [3.63, 3.8) is 0 Å². The van der Waals surface area contributed by atoms with Gasteiger partial charge in [-0.05, 0) is 30.7 Å². The molecule has 1 aliphatic heterocycles.